The van der Waals surface area contributed by atoms with Crippen molar-refractivity contribution in [2.75, 3.05) is 46.3 Å². The lowest BCUT2D eigenvalue weighted by atomic mass is 10.0. The van der Waals surface area contributed by atoms with Gasteiger partial charge in [-0.25, -0.2) is 0 Å². The zero-order valence-corrected chi connectivity index (χ0v) is 22.8. The number of likely N-dealkylation sites (N-methyl/N-ethyl adjacent to an activating group) is 1. The first-order valence-electron chi connectivity index (χ1n) is 13.5. The Morgan fingerprint density at radius 1 is 0.756 bits per heavy atom. The first kappa shape index (κ1) is 30.6. The van der Waals surface area contributed by atoms with Gasteiger partial charge < -0.3 is 9.80 Å². The molecule has 0 radical (unpaired) electrons. The summed E-state index contributed by atoms with van der Waals surface area (Å²) in [7, 11) is 1.53. The summed E-state index contributed by atoms with van der Waals surface area (Å²) < 4.78 is 79.7. The second kappa shape index (κ2) is 13.1. The van der Waals surface area contributed by atoms with Gasteiger partial charge in [-0.2, -0.15) is 26.3 Å². The van der Waals surface area contributed by atoms with Gasteiger partial charge in [-0.15, -0.1) is 0 Å². The molecule has 1 fully saturated rings. The number of hydrogen-bond donors (Lipinski definition) is 0. The molecule has 1 saturated heterocycles. The molecule has 3 aromatic carbocycles. The molecule has 0 N–H and O–H groups in total. The van der Waals surface area contributed by atoms with E-state index in [4.69, 9.17) is 0 Å². The molecular weight excluding hydrogens is 544 g/mol. The lowest BCUT2D eigenvalue weighted by Crippen LogP contribution is -2.51. The van der Waals surface area contributed by atoms with Crippen LogP contribution in [-0.4, -0.2) is 66.9 Å². The maximum atomic E-state index is 13.7. The van der Waals surface area contributed by atoms with E-state index in [1.165, 1.54) is 17.5 Å². The van der Waals surface area contributed by atoms with Gasteiger partial charge in [0, 0.05) is 46.3 Å². The quantitative estimate of drug-likeness (QED) is 0.278. The van der Waals surface area contributed by atoms with Gasteiger partial charge in [0.2, 0.25) is 5.91 Å². The Morgan fingerprint density at radius 3 is 1.83 bits per heavy atom. The molecule has 0 aliphatic carbocycles. The summed E-state index contributed by atoms with van der Waals surface area (Å²) in [5, 5.41) is 0. The Balaban J connectivity index is 1.44. The fraction of sp³-hybridized carbons (Fsp3) is 0.387. The molecule has 3 aromatic rings. The minimum absolute atomic E-state index is 0.0299. The summed E-state index contributed by atoms with van der Waals surface area (Å²) in [5.74, 6) is -0.253. The van der Waals surface area contributed by atoms with Crippen molar-refractivity contribution in [3.05, 3.63) is 107 Å². The number of carbonyl (C=O) groups is 1. The second-order valence-electron chi connectivity index (χ2n) is 10.4. The zero-order valence-electron chi connectivity index (χ0n) is 22.8. The van der Waals surface area contributed by atoms with Crippen LogP contribution in [0.3, 0.4) is 0 Å². The monoisotopic (exact) mass is 577 g/mol. The van der Waals surface area contributed by atoms with Gasteiger partial charge >= 0.3 is 12.4 Å². The van der Waals surface area contributed by atoms with Crippen LogP contribution in [0.5, 0.6) is 0 Å². The highest BCUT2D eigenvalue weighted by Crippen LogP contribution is 2.36. The molecule has 0 bridgehead atoms. The van der Waals surface area contributed by atoms with Gasteiger partial charge in [0.1, 0.15) is 6.04 Å². The molecule has 220 valence electrons. The lowest BCUT2D eigenvalue weighted by molar-refractivity contribution is -0.143. The molecule has 0 aromatic heterocycles. The maximum Gasteiger partial charge on any atom is 0.416 e. The number of nitrogens with zero attached hydrogens (tertiary/aromatic N) is 3. The first-order valence-corrected chi connectivity index (χ1v) is 13.5. The molecule has 41 heavy (non-hydrogen) atoms. The van der Waals surface area contributed by atoms with Crippen LogP contribution in [-0.2, 0) is 30.0 Å². The van der Waals surface area contributed by atoms with Gasteiger partial charge in [-0.05, 0) is 47.7 Å². The summed E-state index contributed by atoms with van der Waals surface area (Å²) >= 11 is 0. The molecule has 1 aliphatic rings. The van der Waals surface area contributed by atoms with Gasteiger partial charge in [0.15, 0.2) is 0 Å². The number of hydrogen-bond acceptors (Lipinski definition) is 3. The standard InChI is InChI=1S/C31H33F6N3O/c1-38(14-12-24-20-26(30(32,33)34)22-27(21-24)31(35,36)37)29(41)28(25-10-6-3-7-11-25)40-18-16-39(17-19-40)15-13-23-8-4-2-5-9-23/h2-11,20-22,28H,12-19H2,1H3. The van der Waals surface area contributed by atoms with Crippen LogP contribution in [0.2, 0.25) is 0 Å². The molecule has 4 rings (SSSR count). The van der Waals surface area contributed by atoms with Crippen molar-refractivity contribution >= 4 is 5.91 Å². The molecule has 0 spiro atoms. The van der Waals surface area contributed by atoms with Crippen molar-refractivity contribution in [1.82, 2.24) is 14.7 Å². The van der Waals surface area contributed by atoms with E-state index in [1.54, 1.807) is 0 Å². The minimum Gasteiger partial charge on any atom is -0.344 e. The SMILES string of the molecule is CN(CCc1cc(C(F)(F)F)cc(C(F)(F)F)c1)C(=O)C(c1ccccc1)N1CCN(CCc2ccccc2)CC1. The average Bonchev–Trinajstić information content (AvgIpc) is 2.95. The number of amides is 1. The molecule has 1 aliphatic heterocycles. The topological polar surface area (TPSA) is 26.8 Å². The summed E-state index contributed by atoms with van der Waals surface area (Å²) in [6.07, 6.45) is -9.06. The van der Waals surface area contributed by atoms with E-state index in [-0.39, 0.29) is 30.5 Å². The Bertz CT molecular complexity index is 1240. The molecular formula is C31H33F6N3O. The van der Waals surface area contributed by atoms with E-state index in [0.29, 0.717) is 13.1 Å². The van der Waals surface area contributed by atoms with Crippen LogP contribution in [0.1, 0.15) is 33.9 Å². The zero-order chi connectivity index (χ0) is 29.6. The minimum atomic E-state index is -4.92. The van der Waals surface area contributed by atoms with Crippen LogP contribution in [0, 0.1) is 0 Å². The second-order valence-corrected chi connectivity index (χ2v) is 10.4. The molecule has 10 heteroatoms. The van der Waals surface area contributed by atoms with Gasteiger partial charge in [0.05, 0.1) is 11.1 Å². The third-order valence-electron chi connectivity index (χ3n) is 7.44. The smallest absolute Gasteiger partial charge is 0.344 e. The van der Waals surface area contributed by atoms with Gasteiger partial charge in [-0.1, -0.05) is 60.7 Å². The highest BCUT2D eigenvalue weighted by atomic mass is 19.4. The largest absolute Gasteiger partial charge is 0.416 e. The summed E-state index contributed by atoms with van der Waals surface area (Å²) in [6, 6.07) is 20.4. The maximum absolute atomic E-state index is 13.7. The average molecular weight is 578 g/mol. The normalized spacial score (nSPS) is 16.0. The van der Waals surface area contributed by atoms with Crippen LogP contribution in [0.15, 0.2) is 78.9 Å². The van der Waals surface area contributed by atoms with Crippen LogP contribution >= 0.6 is 0 Å². The van der Waals surface area contributed by atoms with Crippen LogP contribution in [0.25, 0.3) is 0 Å². The number of benzene rings is 3. The Kier molecular flexibility index (Phi) is 9.76. The van der Waals surface area contributed by atoms with Gasteiger partial charge in [-0.3, -0.25) is 9.69 Å². The summed E-state index contributed by atoms with van der Waals surface area (Å²) in [4.78, 5) is 19.6. The number of piperazine rings is 1. The van der Waals surface area contributed by atoms with Crippen molar-refractivity contribution in [3.63, 3.8) is 0 Å². The van der Waals surface area contributed by atoms with Crippen molar-refractivity contribution in [2.24, 2.45) is 0 Å². The van der Waals surface area contributed by atoms with E-state index >= 15 is 0 Å². The fourth-order valence-electron chi connectivity index (χ4n) is 5.10. The van der Waals surface area contributed by atoms with E-state index in [0.717, 1.165) is 43.8 Å². The molecule has 1 heterocycles. The molecule has 1 atom stereocenters. The molecule has 4 nitrogen and oxygen atoms in total. The number of rotatable bonds is 9. The summed E-state index contributed by atoms with van der Waals surface area (Å²) in [6.45, 7) is 3.72. The third kappa shape index (κ3) is 8.33. The summed E-state index contributed by atoms with van der Waals surface area (Å²) in [5.41, 5.74) is -0.792. The van der Waals surface area contributed by atoms with E-state index in [9.17, 15) is 31.1 Å². The van der Waals surface area contributed by atoms with E-state index in [2.05, 4.69) is 21.9 Å². The predicted octanol–water partition coefficient (Wildman–Crippen LogP) is 6.33. The Labute approximate surface area is 236 Å². The highest BCUT2D eigenvalue weighted by Gasteiger charge is 2.37. The molecule has 0 saturated carbocycles. The van der Waals surface area contributed by atoms with Gasteiger partial charge in [0.25, 0.3) is 0 Å². The molecule has 1 unspecified atom stereocenters. The van der Waals surface area contributed by atoms with Crippen molar-refractivity contribution in [1.29, 1.82) is 0 Å². The third-order valence-corrected chi connectivity index (χ3v) is 7.44. The first-order chi connectivity index (χ1) is 19.4. The number of halogens is 6. The number of carbonyl (C=O) groups excluding carboxylic acids is 1. The predicted molar refractivity (Wildman–Crippen MR) is 145 cm³/mol. The fourth-order valence-corrected chi connectivity index (χ4v) is 5.10. The van der Waals surface area contributed by atoms with Crippen molar-refractivity contribution in [3.8, 4) is 0 Å². The molecule has 1 amide bonds. The van der Waals surface area contributed by atoms with Crippen molar-refractivity contribution < 1.29 is 31.1 Å². The Hall–Kier alpha value is -3.37. The van der Waals surface area contributed by atoms with E-state index in [1.807, 2.05) is 48.5 Å². The van der Waals surface area contributed by atoms with Crippen molar-refractivity contribution in [2.45, 2.75) is 31.2 Å². The lowest BCUT2D eigenvalue weighted by Gasteiger charge is -2.40. The van der Waals surface area contributed by atoms with E-state index < -0.39 is 29.5 Å². The van der Waals surface area contributed by atoms with Crippen LogP contribution < -0.4 is 0 Å². The van der Waals surface area contributed by atoms with Crippen LogP contribution in [0.4, 0.5) is 26.3 Å². The number of alkyl halides is 6. The Morgan fingerprint density at radius 2 is 1.29 bits per heavy atom. The highest BCUT2D eigenvalue weighted by molar-refractivity contribution is 5.83.